The van der Waals surface area contributed by atoms with Crippen molar-refractivity contribution in [1.29, 1.82) is 0 Å². The summed E-state index contributed by atoms with van der Waals surface area (Å²) in [4.78, 5) is 0.448. The monoisotopic (exact) mass is 354 g/mol. The fraction of sp³-hybridized carbons (Fsp3) is 0.700. The molecule has 0 aliphatic carbocycles. The number of ether oxygens (including phenoxy) is 1. The van der Waals surface area contributed by atoms with Crippen LogP contribution in [0.3, 0.4) is 0 Å². The highest BCUT2D eigenvalue weighted by Gasteiger charge is 2.19. The lowest BCUT2D eigenvalue weighted by Crippen LogP contribution is -2.24. The fourth-order valence-electron chi connectivity index (χ4n) is 2.89. The summed E-state index contributed by atoms with van der Waals surface area (Å²) >= 11 is 0. The Labute approximate surface area is 148 Å². The van der Waals surface area contributed by atoms with Crippen molar-refractivity contribution in [2.24, 2.45) is 5.92 Å². The molecule has 0 N–H and O–H groups in total. The Morgan fingerprint density at radius 2 is 1.71 bits per heavy atom. The molecule has 0 amide bonds. The maximum atomic E-state index is 12.4. The third-order valence-electron chi connectivity index (χ3n) is 4.58. The van der Waals surface area contributed by atoms with Gasteiger partial charge in [-0.2, -0.15) is 0 Å². The van der Waals surface area contributed by atoms with Crippen LogP contribution in [0.1, 0.15) is 65.9 Å². The van der Waals surface area contributed by atoms with E-state index in [-0.39, 0.29) is 11.4 Å². The maximum absolute atomic E-state index is 12.4. The first kappa shape index (κ1) is 21.2. The summed E-state index contributed by atoms with van der Waals surface area (Å²) in [6, 6.07) is 7.30. The van der Waals surface area contributed by atoms with E-state index in [0.29, 0.717) is 17.2 Å². The Hall–Kier alpha value is -0.870. The molecular formula is C20H34O3S. The molecule has 1 unspecified atom stereocenters. The Morgan fingerprint density at radius 3 is 2.25 bits per heavy atom. The van der Waals surface area contributed by atoms with Gasteiger partial charge in [0.2, 0.25) is 0 Å². The molecule has 0 saturated heterocycles. The highest BCUT2D eigenvalue weighted by molar-refractivity contribution is 7.91. The van der Waals surface area contributed by atoms with Crippen molar-refractivity contribution in [3.05, 3.63) is 29.8 Å². The summed E-state index contributed by atoms with van der Waals surface area (Å²) < 4.78 is 30.6. The summed E-state index contributed by atoms with van der Waals surface area (Å²) in [5.74, 6) is 0.640. The molecule has 0 aliphatic heterocycles. The van der Waals surface area contributed by atoms with Gasteiger partial charge in [0.25, 0.3) is 0 Å². The van der Waals surface area contributed by atoms with E-state index in [0.717, 1.165) is 32.3 Å². The van der Waals surface area contributed by atoms with Crippen LogP contribution in [0, 0.1) is 5.92 Å². The zero-order valence-corrected chi connectivity index (χ0v) is 16.8. The van der Waals surface area contributed by atoms with Crippen molar-refractivity contribution in [2.45, 2.75) is 77.2 Å². The zero-order valence-electron chi connectivity index (χ0n) is 16.0. The van der Waals surface area contributed by atoms with Crippen LogP contribution in [-0.4, -0.2) is 26.4 Å². The first-order valence-electron chi connectivity index (χ1n) is 9.16. The van der Waals surface area contributed by atoms with E-state index < -0.39 is 9.84 Å². The Bertz CT molecular complexity index is 573. The van der Waals surface area contributed by atoms with Crippen LogP contribution in [-0.2, 0) is 21.0 Å². The average Bonchev–Trinajstić information content (AvgIpc) is 2.53. The van der Waals surface area contributed by atoms with Crippen molar-refractivity contribution in [3.8, 4) is 0 Å². The van der Waals surface area contributed by atoms with Gasteiger partial charge >= 0.3 is 0 Å². The summed E-state index contributed by atoms with van der Waals surface area (Å²) in [7, 11) is -3.17. The van der Waals surface area contributed by atoms with Crippen molar-refractivity contribution in [2.75, 3.05) is 12.4 Å². The van der Waals surface area contributed by atoms with E-state index in [4.69, 9.17) is 4.74 Å². The van der Waals surface area contributed by atoms with Crippen molar-refractivity contribution in [1.82, 2.24) is 0 Å². The lowest BCUT2D eigenvalue weighted by molar-refractivity contribution is -0.0182. The van der Waals surface area contributed by atoms with E-state index in [9.17, 15) is 8.42 Å². The molecule has 0 bridgehead atoms. The number of hydrogen-bond acceptors (Lipinski definition) is 3. The van der Waals surface area contributed by atoms with E-state index >= 15 is 0 Å². The summed E-state index contributed by atoms with van der Waals surface area (Å²) in [5, 5.41) is 0. The molecule has 1 aromatic carbocycles. The summed E-state index contributed by atoms with van der Waals surface area (Å²) in [6.45, 7) is 11.2. The molecule has 3 nitrogen and oxygen atoms in total. The van der Waals surface area contributed by atoms with Gasteiger partial charge in [-0.3, -0.25) is 0 Å². The smallest absolute Gasteiger partial charge is 0.178 e. The number of rotatable bonds is 11. The number of hydrogen-bond donors (Lipinski definition) is 0. The van der Waals surface area contributed by atoms with Crippen LogP contribution in [0.2, 0.25) is 0 Å². The second-order valence-corrected chi connectivity index (χ2v) is 9.40. The molecule has 4 heteroatoms. The molecule has 0 heterocycles. The number of sulfone groups is 1. The van der Waals surface area contributed by atoms with E-state index in [1.165, 1.54) is 5.56 Å². The van der Waals surface area contributed by atoms with Gasteiger partial charge in [0, 0.05) is 6.61 Å². The summed E-state index contributed by atoms with van der Waals surface area (Å²) in [5.41, 5.74) is 1.08. The van der Waals surface area contributed by atoms with E-state index in [1.54, 1.807) is 12.1 Å². The second kappa shape index (κ2) is 9.57. The minimum Gasteiger partial charge on any atom is -0.376 e. The lowest BCUT2D eigenvalue weighted by atomic mass is 9.95. The van der Waals surface area contributed by atoms with E-state index in [1.807, 2.05) is 19.1 Å². The Morgan fingerprint density at radius 1 is 1.08 bits per heavy atom. The molecule has 0 spiro atoms. The standard InChI is InChI=1S/C20H34O3S/c1-6-18-10-12-19(13-11-18)24(21,22)16-14-17(3)9-8-15-20(4,5)23-7-2/h10-13,17H,6-9,14-16H2,1-5H3. The lowest BCUT2D eigenvalue weighted by Gasteiger charge is -2.25. The van der Waals surface area contributed by atoms with Crippen molar-refractivity contribution < 1.29 is 13.2 Å². The molecule has 0 aromatic heterocycles. The predicted molar refractivity (Wildman–Crippen MR) is 101 cm³/mol. The van der Waals surface area contributed by atoms with Gasteiger partial charge in [-0.25, -0.2) is 8.42 Å². The highest BCUT2D eigenvalue weighted by atomic mass is 32.2. The molecule has 0 radical (unpaired) electrons. The van der Waals surface area contributed by atoms with Crippen LogP contribution in [0.15, 0.2) is 29.2 Å². The van der Waals surface area contributed by atoms with Crippen LogP contribution in [0.4, 0.5) is 0 Å². The van der Waals surface area contributed by atoms with Gasteiger partial charge in [0.15, 0.2) is 9.84 Å². The largest absolute Gasteiger partial charge is 0.376 e. The summed E-state index contributed by atoms with van der Waals surface area (Å²) in [6.07, 6.45) is 4.76. The normalized spacial score (nSPS) is 13.9. The molecule has 0 aliphatic rings. The molecular weight excluding hydrogens is 320 g/mol. The first-order valence-corrected chi connectivity index (χ1v) is 10.8. The topological polar surface area (TPSA) is 43.4 Å². The van der Waals surface area contributed by atoms with Gasteiger partial charge in [-0.05, 0) is 63.6 Å². The van der Waals surface area contributed by atoms with Crippen LogP contribution < -0.4 is 0 Å². The quantitative estimate of drug-likeness (QED) is 0.559. The molecule has 0 fully saturated rings. The molecule has 138 valence electrons. The molecule has 0 saturated carbocycles. The Balaban J connectivity index is 2.43. The van der Waals surface area contributed by atoms with Gasteiger partial charge < -0.3 is 4.74 Å². The molecule has 1 aromatic rings. The van der Waals surface area contributed by atoms with Crippen molar-refractivity contribution >= 4 is 9.84 Å². The third kappa shape index (κ3) is 7.35. The molecule has 1 atom stereocenters. The Kier molecular flexibility index (Phi) is 8.44. The highest BCUT2D eigenvalue weighted by Crippen LogP contribution is 2.22. The zero-order chi connectivity index (χ0) is 18.2. The van der Waals surface area contributed by atoms with Crippen LogP contribution in [0.5, 0.6) is 0 Å². The van der Waals surface area contributed by atoms with Crippen LogP contribution in [0.25, 0.3) is 0 Å². The van der Waals surface area contributed by atoms with Gasteiger partial charge in [0.1, 0.15) is 0 Å². The average molecular weight is 355 g/mol. The minimum absolute atomic E-state index is 0.0818. The van der Waals surface area contributed by atoms with Gasteiger partial charge in [0.05, 0.1) is 16.2 Å². The first-order chi connectivity index (χ1) is 11.2. The number of aryl methyl sites for hydroxylation is 1. The minimum atomic E-state index is -3.17. The van der Waals surface area contributed by atoms with Crippen molar-refractivity contribution in [3.63, 3.8) is 0 Å². The van der Waals surface area contributed by atoms with Gasteiger partial charge in [-0.15, -0.1) is 0 Å². The third-order valence-corrected chi connectivity index (χ3v) is 6.34. The SMILES string of the molecule is CCOC(C)(C)CCCC(C)CCS(=O)(=O)c1ccc(CC)cc1. The number of benzene rings is 1. The second-order valence-electron chi connectivity index (χ2n) is 7.30. The van der Waals surface area contributed by atoms with Gasteiger partial charge in [-0.1, -0.05) is 38.8 Å². The van der Waals surface area contributed by atoms with Crippen LogP contribution >= 0.6 is 0 Å². The molecule has 1 rings (SSSR count). The predicted octanol–water partition coefficient (Wildman–Crippen LogP) is 5.03. The van der Waals surface area contributed by atoms with E-state index in [2.05, 4.69) is 27.7 Å². The molecule has 24 heavy (non-hydrogen) atoms. The maximum Gasteiger partial charge on any atom is 0.178 e. The fourth-order valence-corrected chi connectivity index (χ4v) is 4.39.